The normalized spacial score (nSPS) is 11.7. The molecular weight excluding hydrogens is 585 g/mol. The van der Waals surface area contributed by atoms with Crippen LogP contribution in [0, 0.1) is 5.92 Å². The highest BCUT2D eigenvalue weighted by Crippen LogP contribution is 2.27. The Kier molecular flexibility index (Phi) is 12.2. The van der Waals surface area contributed by atoms with Gasteiger partial charge in [0.05, 0.1) is 34.6 Å². The van der Waals surface area contributed by atoms with Gasteiger partial charge in [0.1, 0.15) is 0 Å². The standard InChI is InChI=1S/C29H33Cl2N5O4S/c1-5-12-36-26(24(14-18(3)4)33-27(38)22-11-10-20(30)16-23(22)31)34-35-29(36)41-17-25(37)32-21-9-7-8-19(15-21)28(39)40-13-6-2/h5,7-11,15-16,18,24H,1,6,12-14,17H2,2-4H3,(H,32,37)(H,33,38)/t24-/m0/s1. The van der Waals surface area contributed by atoms with Crippen LogP contribution in [0.5, 0.6) is 0 Å². The number of rotatable bonds is 14. The van der Waals surface area contributed by atoms with Crippen LogP contribution < -0.4 is 10.6 Å². The number of allylic oxidation sites excluding steroid dienone is 1. The molecule has 0 unspecified atom stereocenters. The van der Waals surface area contributed by atoms with E-state index in [1.54, 1.807) is 42.5 Å². The Balaban J connectivity index is 1.74. The van der Waals surface area contributed by atoms with Gasteiger partial charge in [-0.2, -0.15) is 0 Å². The molecule has 0 aliphatic heterocycles. The average Bonchev–Trinajstić information content (AvgIpc) is 3.32. The molecule has 3 rings (SSSR count). The van der Waals surface area contributed by atoms with Crippen LogP contribution in [-0.4, -0.2) is 44.9 Å². The number of esters is 1. The number of halogens is 2. The lowest BCUT2D eigenvalue weighted by atomic mass is 10.0. The summed E-state index contributed by atoms with van der Waals surface area (Å²) in [6.45, 7) is 10.5. The van der Waals surface area contributed by atoms with E-state index in [2.05, 4.69) is 27.4 Å². The smallest absolute Gasteiger partial charge is 0.338 e. The van der Waals surface area contributed by atoms with Crippen molar-refractivity contribution in [1.29, 1.82) is 0 Å². The van der Waals surface area contributed by atoms with Crippen LogP contribution in [0.3, 0.4) is 0 Å². The van der Waals surface area contributed by atoms with E-state index in [4.69, 9.17) is 27.9 Å². The molecule has 0 saturated carbocycles. The van der Waals surface area contributed by atoms with Gasteiger partial charge in [0, 0.05) is 17.3 Å². The fourth-order valence-corrected chi connectivity index (χ4v) is 5.15. The summed E-state index contributed by atoms with van der Waals surface area (Å²) >= 11 is 13.5. The van der Waals surface area contributed by atoms with E-state index in [1.807, 2.05) is 25.3 Å². The Bertz CT molecular complexity index is 1400. The monoisotopic (exact) mass is 617 g/mol. The number of hydrogen-bond acceptors (Lipinski definition) is 7. The van der Waals surface area contributed by atoms with E-state index >= 15 is 0 Å². The van der Waals surface area contributed by atoms with E-state index < -0.39 is 12.0 Å². The molecule has 2 aromatic carbocycles. The highest BCUT2D eigenvalue weighted by Gasteiger charge is 2.25. The molecular formula is C29H33Cl2N5O4S. The second-order valence-electron chi connectivity index (χ2n) is 9.57. The molecule has 41 heavy (non-hydrogen) atoms. The van der Waals surface area contributed by atoms with E-state index in [0.29, 0.717) is 52.4 Å². The van der Waals surface area contributed by atoms with Crippen molar-refractivity contribution in [2.24, 2.45) is 5.92 Å². The number of anilines is 1. The van der Waals surface area contributed by atoms with Crippen molar-refractivity contribution in [1.82, 2.24) is 20.1 Å². The van der Waals surface area contributed by atoms with Gasteiger partial charge in [0.15, 0.2) is 11.0 Å². The predicted octanol–water partition coefficient (Wildman–Crippen LogP) is 6.59. The molecule has 0 spiro atoms. The quantitative estimate of drug-likeness (QED) is 0.119. The number of aromatic nitrogens is 3. The van der Waals surface area contributed by atoms with Gasteiger partial charge in [-0.1, -0.05) is 67.9 Å². The molecule has 1 heterocycles. The Morgan fingerprint density at radius 2 is 1.93 bits per heavy atom. The minimum Gasteiger partial charge on any atom is -0.462 e. The maximum absolute atomic E-state index is 13.1. The highest BCUT2D eigenvalue weighted by atomic mass is 35.5. The van der Waals surface area contributed by atoms with Crippen molar-refractivity contribution in [2.75, 3.05) is 17.7 Å². The fraction of sp³-hybridized carbons (Fsp3) is 0.345. The second kappa shape index (κ2) is 15.6. The van der Waals surface area contributed by atoms with Gasteiger partial charge in [-0.25, -0.2) is 4.79 Å². The van der Waals surface area contributed by atoms with Gasteiger partial charge in [-0.15, -0.1) is 16.8 Å². The number of nitrogens with one attached hydrogen (secondary N) is 2. The summed E-state index contributed by atoms with van der Waals surface area (Å²) in [7, 11) is 0. The summed E-state index contributed by atoms with van der Waals surface area (Å²) in [6.07, 6.45) is 3.01. The number of carbonyl (C=O) groups is 3. The number of ether oxygens (including phenoxy) is 1. The zero-order valence-electron chi connectivity index (χ0n) is 23.2. The number of amides is 2. The van der Waals surface area contributed by atoms with E-state index in [0.717, 1.165) is 6.42 Å². The molecule has 12 heteroatoms. The first-order chi connectivity index (χ1) is 19.6. The molecule has 3 aromatic rings. The lowest BCUT2D eigenvalue weighted by Gasteiger charge is -2.21. The maximum Gasteiger partial charge on any atom is 0.338 e. The third-order valence-electron chi connectivity index (χ3n) is 5.71. The number of thioether (sulfide) groups is 1. The molecule has 0 fully saturated rings. The summed E-state index contributed by atoms with van der Waals surface area (Å²) in [5, 5.41) is 15.7. The van der Waals surface area contributed by atoms with Gasteiger partial charge in [0.2, 0.25) is 5.91 Å². The molecule has 1 atom stereocenters. The molecule has 1 aromatic heterocycles. The first kappa shape index (κ1) is 32.2. The van der Waals surface area contributed by atoms with Crippen molar-refractivity contribution >= 4 is 58.4 Å². The molecule has 2 N–H and O–H groups in total. The summed E-state index contributed by atoms with van der Waals surface area (Å²) in [5.74, 6) is -0.275. The van der Waals surface area contributed by atoms with Gasteiger partial charge in [-0.3, -0.25) is 9.59 Å². The molecule has 0 radical (unpaired) electrons. The molecule has 0 aliphatic rings. The lowest BCUT2D eigenvalue weighted by molar-refractivity contribution is -0.113. The van der Waals surface area contributed by atoms with Gasteiger partial charge in [-0.05, 0) is 55.2 Å². The second-order valence-corrected chi connectivity index (χ2v) is 11.4. The van der Waals surface area contributed by atoms with E-state index in [1.165, 1.54) is 17.8 Å². The van der Waals surface area contributed by atoms with Crippen molar-refractivity contribution in [3.63, 3.8) is 0 Å². The number of nitrogens with zero attached hydrogens (tertiary/aromatic N) is 3. The average molecular weight is 619 g/mol. The Labute approximate surface area is 254 Å². The topological polar surface area (TPSA) is 115 Å². The van der Waals surface area contributed by atoms with Crippen LogP contribution in [0.2, 0.25) is 10.0 Å². The van der Waals surface area contributed by atoms with Crippen LogP contribution >= 0.6 is 35.0 Å². The summed E-state index contributed by atoms with van der Waals surface area (Å²) < 4.78 is 6.99. The van der Waals surface area contributed by atoms with Crippen molar-refractivity contribution < 1.29 is 19.1 Å². The molecule has 2 amide bonds. The fourth-order valence-electron chi connectivity index (χ4n) is 3.90. The summed E-state index contributed by atoms with van der Waals surface area (Å²) in [5.41, 5.74) is 1.14. The minimum atomic E-state index is -0.472. The van der Waals surface area contributed by atoms with Crippen LogP contribution in [-0.2, 0) is 16.1 Å². The summed E-state index contributed by atoms with van der Waals surface area (Å²) in [4.78, 5) is 38.0. The Morgan fingerprint density at radius 3 is 2.61 bits per heavy atom. The first-order valence-electron chi connectivity index (χ1n) is 13.1. The zero-order valence-corrected chi connectivity index (χ0v) is 25.5. The predicted molar refractivity (Wildman–Crippen MR) is 163 cm³/mol. The van der Waals surface area contributed by atoms with E-state index in [-0.39, 0.29) is 28.5 Å². The third-order valence-corrected chi connectivity index (χ3v) is 7.22. The zero-order chi connectivity index (χ0) is 29.9. The van der Waals surface area contributed by atoms with Crippen LogP contribution in [0.4, 0.5) is 5.69 Å². The highest BCUT2D eigenvalue weighted by molar-refractivity contribution is 7.99. The van der Waals surface area contributed by atoms with Crippen LogP contribution in [0.15, 0.2) is 60.3 Å². The Hall–Kier alpha value is -3.34. The molecule has 9 nitrogen and oxygen atoms in total. The van der Waals surface area contributed by atoms with Gasteiger partial charge in [0.25, 0.3) is 5.91 Å². The minimum absolute atomic E-state index is 0.0430. The SMILES string of the molecule is C=CCn1c(SCC(=O)Nc2cccc(C(=O)OCCC)c2)nnc1[C@H](CC(C)C)NC(=O)c1ccc(Cl)cc1Cl. The Morgan fingerprint density at radius 1 is 1.15 bits per heavy atom. The van der Waals surface area contributed by atoms with E-state index in [9.17, 15) is 14.4 Å². The lowest BCUT2D eigenvalue weighted by Crippen LogP contribution is -2.32. The number of carbonyl (C=O) groups excluding carboxylic acids is 3. The maximum atomic E-state index is 13.1. The third kappa shape index (κ3) is 9.34. The molecule has 0 bridgehead atoms. The molecule has 218 valence electrons. The number of benzene rings is 2. The number of hydrogen-bond donors (Lipinski definition) is 2. The van der Waals surface area contributed by atoms with Crippen LogP contribution in [0.25, 0.3) is 0 Å². The summed E-state index contributed by atoms with van der Waals surface area (Å²) in [6, 6.07) is 10.8. The molecule has 0 saturated heterocycles. The molecule has 0 aliphatic carbocycles. The van der Waals surface area contributed by atoms with Gasteiger partial charge < -0.3 is 19.9 Å². The van der Waals surface area contributed by atoms with Crippen LogP contribution in [0.1, 0.15) is 66.2 Å². The van der Waals surface area contributed by atoms with Crippen molar-refractivity contribution in [3.8, 4) is 0 Å². The first-order valence-corrected chi connectivity index (χ1v) is 14.9. The van der Waals surface area contributed by atoms with Crippen molar-refractivity contribution in [3.05, 3.63) is 82.1 Å². The largest absolute Gasteiger partial charge is 0.462 e. The van der Waals surface area contributed by atoms with Gasteiger partial charge >= 0.3 is 5.97 Å². The van der Waals surface area contributed by atoms with Crippen molar-refractivity contribution in [2.45, 2.75) is 51.4 Å².